The molecule has 0 aliphatic carbocycles. The number of carbonyl (C=O) groups excluding carboxylic acids is 2. The third-order valence-electron chi connectivity index (χ3n) is 11.3. The third kappa shape index (κ3) is 38.6. The second-order valence-electron chi connectivity index (χ2n) is 17.3. The van der Waals surface area contributed by atoms with E-state index in [0.717, 1.165) is 44.9 Å². The molecule has 0 bridgehead atoms. The molecule has 0 aromatic carbocycles. The van der Waals surface area contributed by atoms with Gasteiger partial charge in [-0.1, -0.05) is 192 Å². The molecule has 1 saturated heterocycles. The second-order valence-corrected chi connectivity index (χ2v) is 18.8. The van der Waals surface area contributed by atoms with Crippen LogP contribution in [0.3, 0.4) is 0 Å². The van der Waals surface area contributed by atoms with Gasteiger partial charge in [0.2, 0.25) is 0 Å². The summed E-state index contributed by atoms with van der Waals surface area (Å²) in [5.41, 5.74) is 5.35. The summed E-state index contributed by atoms with van der Waals surface area (Å²) >= 11 is 0. The lowest BCUT2D eigenvalue weighted by Crippen LogP contribution is -2.34. The number of carboxylic acids is 1. The van der Waals surface area contributed by atoms with Gasteiger partial charge >= 0.3 is 25.7 Å². The number of hydrogen-bond donors (Lipinski definition) is 3. The molecule has 13 heteroatoms. The van der Waals surface area contributed by atoms with Crippen molar-refractivity contribution < 1.29 is 52.2 Å². The summed E-state index contributed by atoms with van der Waals surface area (Å²) in [6.07, 6.45) is 48.2. The van der Waals surface area contributed by atoms with Crippen molar-refractivity contribution >= 4 is 25.7 Å². The van der Waals surface area contributed by atoms with Crippen LogP contribution in [0.5, 0.6) is 0 Å². The maximum atomic E-state index is 12.7. The SMILES string of the molecule is CCCCC/C=C\CC1OC1C/C=C\C/C=C\CCCC(=O)O[C@H](COC(=O)CCCCCCCCCCCCCCCCCCCCCCC)COP(=O)(O)OC[C@H](N)C(=O)O. The Balaban J connectivity index is 2.24. The van der Waals surface area contributed by atoms with Crippen molar-refractivity contribution in [1.29, 1.82) is 0 Å². The van der Waals surface area contributed by atoms with Crippen LogP contribution in [0.1, 0.15) is 219 Å². The number of aliphatic carboxylic acids is 1. The topological polar surface area (TPSA) is 184 Å². The molecule has 0 amide bonds. The lowest BCUT2D eigenvalue weighted by atomic mass is 10.0. The lowest BCUT2D eigenvalue weighted by molar-refractivity contribution is -0.161. The van der Waals surface area contributed by atoms with E-state index in [4.69, 9.17) is 29.6 Å². The van der Waals surface area contributed by atoms with Gasteiger partial charge in [0.15, 0.2) is 6.10 Å². The zero-order valence-electron chi connectivity index (χ0n) is 39.6. The minimum Gasteiger partial charge on any atom is -0.480 e. The Morgan fingerprint density at radius 1 is 0.571 bits per heavy atom. The molecule has 0 aromatic heterocycles. The molecule has 1 aliphatic rings. The summed E-state index contributed by atoms with van der Waals surface area (Å²) in [5.74, 6) is -2.45. The number of ether oxygens (including phenoxy) is 3. The van der Waals surface area contributed by atoms with Crippen molar-refractivity contribution in [2.24, 2.45) is 5.73 Å². The van der Waals surface area contributed by atoms with Crippen LogP contribution in [-0.2, 0) is 42.2 Å². The largest absolute Gasteiger partial charge is 0.480 e. The van der Waals surface area contributed by atoms with E-state index in [1.54, 1.807) is 0 Å². The molecule has 1 rings (SSSR count). The van der Waals surface area contributed by atoms with Crippen LogP contribution in [-0.4, -0.2) is 72.1 Å². The van der Waals surface area contributed by atoms with Gasteiger partial charge in [-0.05, 0) is 51.4 Å². The maximum absolute atomic E-state index is 12.7. The van der Waals surface area contributed by atoms with Crippen LogP contribution in [0.25, 0.3) is 0 Å². The number of epoxide rings is 1. The van der Waals surface area contributed by atoms with Gasteiger partial charge in [-0.15, -0.1) is 0 Å². The van der Waals surface area contributed by atoms with Crippen molar-refractivity contribution in [3.8, 4) is 0 Å². The van der Waals surface area contributed by atoms with Gasteiger partial charge in [-0.25, -0.2) is 4.57 Å². The number of phosphoric acid groups is 1. The fourth-order valence-electron chi connectivity index (χ4n) is 7.22. The quantitative estimate of drug-likeness (QED) is 0.0173. The molecular formula is C50H90NO11P. The van der Waals surface area contributed by atoms with Crippen molar-refractivity contribution in [1.82, 2.24) is 0 Å². The van der Waals surface area contributed by atoms with Crippen LogP contribution in [0, 0.1) is 0 Å². The number of nitrogens with two attached hydrogens (primary N) is 1. The normalized spacial score (nSPS) is 17.1. The molecule has 4 N–H and O–H groups in total. The first-order chi connectivity index (χ1) is 30.6. The summed E-state index contributed by atoms with van der Waals surface area (Å²) in [4.78, 5) is 46.1. The third-order valence-corrected chi connectivity index (χ3v) is 12.2. The average Bonchev–Trinajstić information content (AvgIpc) is 4.02. The van der Waals surface area contributed by atoms with Crippen molar-refractivity contribution in [2.45, 2.75) is 244 Å². The standard InChI is InChI=1S/C50H90NO11P/c1-3-5-7-9-11-12-13-14-15-16-17-18-19-20-21-22-23-24-27-31-35-39-48(52)58-41-44(42-59-63(56,57)60-43-45(51)50(54)55)61-49(53)40-36-32-28-25-26-30-34-38-47-46(62-47)37-33-29-10-8-6-4-2/h25,28-30,33-34,44-47H,3-24,26-27,31-32,35-43,51H2,1-2H3,(H,54,55)(H,56,57)/b28-25-,33-29-,34-30-/t44-,45+,46?,47?/m1/s1. The summed E-state index contributed by atoms with van der Waals surface area (Å²) in [5, 5.41) is 8.92. The first-order valence-corrected chi connectivity index (χ1v) is 26.6. The molecular weight excluding hydrogens is 822 g/mol. The first-order valence-electron chi connectivity index (χ1n) is 25.1. The zero-order valence-corrected chi connectivity index (χ0v) is 40.5. The molecule has 5 atom stereocenters. The van der Waals surface area contributed by atoms with Gasteiger partial charge in [-0.3, -0.25) is 23.4 Å². The molecule has 366 valence electrons. The molecule has 0 radical (unpaired) electrons. The number of carbonyl (C=O) groups is 3. The van der Waals surface area contributed by atoms with E-state index in [0.29, 0.717) is 31.5 Å². The Labute approximate surface area is 382 Å². The number of carboxylic acid groups (broad SMARTS) is 1. The molecule has 1 aliphatic heterocycles. The summed E-state index contributed by atoms with van der Waals surface area (Å²) < 4.78 is 38.5. The van der Waals surface area contributed by atoms with E-state index >= 15 is 0 Å². The van der Waals surface area contributed by atoms with Crippen LogP contribution in [0.2, 0.25) is 0 Å². The molecule has 63 heavy (non-hydrogen) atoms. The smallest absolute Gasteiger partial charge is 0.472 e. The van der Waals surface area contributed by atoms with Crippen molar-refractivity contribution in [2.75, 3.05) is 19.8 Å². The predicted molar refractivity (Wildman–Crippen MR) is 253 cm³/mol. The molecule has 0 spiro atoms. The minimum absolute atomic E-state index is 0.0816. The van der Waals surface area contributed by atoms with Gasteiger partial charge in [-0.2, -0.15) is 0 Å². The number of hydrogen-bond acceptors (Lipinski definition) is 10. The number of phosphoric ester groups is 1. The zero-order chi connectivity index (χ0) is 46.1. The Hall–Kier alpha value is -2.34. The van der Waals surface area contributed by atoms with E-state index in [1.807, 2.05) is 12.2 Å². The van der Waals surface area contributed by atoms with Crippen LogP contribution >= 0.6 is 7.82 Å². The molecule has 1 fully saturated rings. The molecule has 1 heterocycles. The van der Waals surface area contributed by atoms with E-state index in [9.17, 15) is 23.8 Å². The van der Waals surface area contributed by atoms with Crippen molar-refractivity contribution in [3.05, 3.63) is 36.5 Å². The fraction of sp³-hybridized carbons (Fsp3) is 0.820. The highest BCUT2D eigenvalue weighted by molar-refractivity contribution is 7.47. The monoisotopic (exact) mass is 912 g/mol. The average molecular weight is 912 g/mol. The van der Waals surface area contributed by atoms with Gasteiger partial charge in [0.05, 0.1) is 25.4 Å². The molecule has 0 saturated carbocycles. The number of rotatable bonds is 46. The summed E-state index contributed by atoms with van der Waals surface area (Å²) in [6, 6.07) is -1.53. The van der Waals surface area contributed by atoms with Gasteiger partial charge in [0.25, 0.3) is 0 Å². The minimum atomic E-state index is -4.74. The number of unbranched alkanes of at least 4 members (excludes halogenated alkanes) is 24. The highest BCUT2D eigenvalue weighted by atomic mass is 31.2. The van der Waals surface area contributed by atoms with Gasteiger partial charge < -0.3 is 29.9 Å². The second kappa shape index (κ2) is 41.1. The maximum Gasteiger partial charge on any atom is 0.472 e. The molecule has 12 nitrogen and oxygen atoms in total. The van der Waals surface area contributed by atoms with E-state index in [1.165, 1.54) is 128 Å². The predicted octanol–water partition coefficient (Wildman–Crippen LogP) is 12.9. The summed E-state index contributed by atoms with van der Waals surface area (Å²) in [6.45, 7) is 2.74. The van der Waals surface area contributed by atoms with Crippen LogP contribution in [0.4, 0.5) is 0 Å². The molecule has 3 unspecified atom stereocenters. The number of esters is 2. The van der Waals surface area contributed by atoms with Gasteiger partial charge in [0, 0.05) is 12.8 Å². The number of allylic oxidation sites excluding steroid dienone is 4. The highest BCUT2D eigenvalue weighted by Crippen LogP contribution is 2.43. The van der Waals surface area contributed by atoms with Crippen LogP contribution < -0.4 is 5.73 Å². The lowest BCUT2D eigenvalue weighted by Gasteiger charge is -2.20. The Kier molecular flexibility index (Phi) is 38.3. The van der Waals surface area contributed by atoms with Crippen LogP contribution in [0.15, 0.2) is 36.5 Å². The van der Waals surface area contributed by atoms with E-state index in [2.05, 4.69) is 42.7 Å². The Morgan fingerprint density at radius 3 is 1.54 bits per heavy atom. The van der Waals surface area contributed by atoms with Gasteiger partial charge in [0.1, 0.15) is 12.6 Å². The van der Waals surface area contributed by atoms with E-state index in [-0.39, 0.29) is 19.4 Å². The molecule has 0 aromatic rings. The first kappa shape index (κ1) is 58.7. The fourth-order valence-corrected chi connectivity index (χ4v) is 8.00. The van der Waals surface area contributed by atoms with Crippen molar-refractivity contribution in [3.63, 3.8) is 0 Å². The van der Waals surface area contributed by atoms with E-state index < -0.39 is 51.1 Å². The Bertz CT molecular complexity index is 1270. The highest BCUT2D eigenvalue weighted by Gasteiger charge is 2.36. The Morgan fingerprint density at radius 2 is 1.00 bits per heavy atom. The summed E-state index contributed by atoms with van der Waals surface area (Å²) in [7, 11) is -4.74.